The third-order valence-corrected chi connectivity index (χ3v) is 3.82. The van der Waals surface area contributed by atoms with Crippen LogP contribution in [0.15, 0.2) is 36.0 Å². The van der Waals surface area contributed by atoms with Crippen molar-refractivity contribution in [1.82, 2.24) is 10.3 Å². The summed E-state index contributed by atoms with van der Waals surface area (Å²) in [6.07, 6.45) is 3.14. The molecule has 4 nitrogen and oxygen atoms in total. The normalized spacial score (nSPS) is 12.5. The minimum atomic E-state index is -0.489. The molecule has 0 amide bonds. The SMILES string of the molecule is Cc1cnccc1CNCC(O)COCc1cccs1. The number of aryl methyl sites for hydroxylation is 1. The zero-order chi connectivity index (χ0) is 14.2. The van der Waals surface area contributed by atoms with Crippen LogP contribution in [0.4, 0.5) is 0 Å². The van der Waals surface area contributed by atoms with E-state index in [1.165, 1.54) is 10.4 Å². The molecule has 108 valence electrons. The van der Waals surface area contributed by atoms with Crippen molar-refractivity contribution in [2.45, 2.75) is 26.2 Å². The Labute approximate surface area is 123 Å². The third-order valence-electron chi connectivity index (χ3n) is 2.97. The lowest BCUT2D eigenvalue weighted by molar-refractivity contribution is 0.0297. The molecule has 0 bridgehead atoms. The number of aliphatic hydroxyl groups is 1. The maximum Gasteiger partial charge on any atom is 0.0897 e. The molecule has 0 saturated carbocycles. The molecule has 2 N–H and O–H groups in total. The summed E-state index contributed by atoms with van der Waals surface area (Å²) in [6.45, 7) is 4.20. The Bertz CT molecular complexity index is 502. The van der Waals surface area contributed by atoms with Crippen LogP contribution in [0.2, 0.25) is 0 Å². The highest BCUT2D eigenvalue weighted by atomic mass is 32.1. The molecular formula is C15H20N2O2S. The Morgan fingerprint density at radius 2 is 2.35 bits per heavy atom. The van der Waals surface area contributed by atoms with Crippen LogP contribution in [0, 0.1) is 6.92 Å². The second-order valence-corrected chi connectivity index (χ2v) is 5.71. The van der Waals surface area contributed by atoms with Crippen LogP contribution >= 0.6 is 11.3 Å². The van der Waals surface area contributed by atoms with Gasteiger partial charge in [-0.15, -0.1) is 11.3 Å². The first-order valence-corrected chi connectivity index (χ1v) is 7.52. The molecule has 2 rings (SSSR count). The van der Waals surface area contributed by atoms with E-state index in [4.69, 9.17) is 4.74 Å². The lowest BCUT2D eigenvalue weighted by Crippen LogP contribution is -2.30. The van der Waals surface area contributed by atoms with Crippen molar-refractivity contribution >= 4 is 11.3 Å². The van der Waals surface area contributed by atoms with Crippen molar-refractivity contribution < 1.29 is 9.84 Å². The summed E-state index contributed by atoms with van der Waals surface area (Å²) in [6, 6.07) is 6.02. The van der Waals surface area contributed by atoms with Gasteiger partial charge in [0, 0.05) is 30.4 Å². The topological polar surface area (TPSA) is 54.4 Å². The Hall–Kier alpha value is -1.27. The van der Waals surface area contributed by atoms with Gasteiger partial charge in [-0.1, -0.05) is 6.07 Å². The smallest absolute Gasteiger partial charge is 0.0897 e. The molecule has 20 heavy (non-hydrogen) atoms. The first kappa shape index (κ1) is 15.1. The summed E-state index contributed by atoms with van der Waals surface area (Å²) in [5.74, 6) is 0. The van der Waals surface area contributed by atoms with Crippen LogP contribution in [-0.4, -0.2) is 29.3 Å². The quantitative estimate of drug-likeness (QED) is 0.782. The molecule has 0 aliphatic carbocycles. The van der Waals surface area contributed by atoms with Crippen molar-refractivity contribution in [2.75, 3.05) is 13.2 Å². The number of thiophene rings is 1. The van der Waals surface area contributed by atoms with Gasteiger partial charge in [-0.2, -0.15) is 0 Å². The van der Waals surface area contributed by atoms with Crippen LogP contribution in [0.3, 0.4) is 0 Å². The molecule has 5 heteroatoms. The van der Waals surface area contributed by atoms with Crippen molar-refractivity contribution in [3.05, 3.63) is 52.0 Å². The van der Waals surface area contributed by atoms with Crippen LogP contribution in [0.5, 0.6) is 0 Å². The second-order valence-electron chi connectivity index (χ2n) is 4.68. The molecule has 2 heterocycles. The van der Waals surface area contributed by atoms with E-state index in [0.29, 0.717) is 19.8 Å². The largest absolute Gasteiger partial charge is 0.389 e. The van der Waals surface area contributed by atoms with E-state index in [1.807, 2.05) is 36.7 Å². The Morgan fingerprint density at radius 1 is 1.45 bits per heavy atom. The van der Waals surface area contributed by atoms with Gasteiger partial charge in [-0.3, -0.25) is 4.98 Å². The summed E-state index contributed by atoms with van der Waals surface area (Å²) in [5, 5.41) is 15.1. The van der Waals surface area contributed by atoms with Crippen molar-refractivity contribution in [3.63, 3.8) is 0 Å². The Morgan fingerprint density at radius 3 is 3.10 bits per heavy atom. The predicted octanol–water partition coefficient (Wildman–Crippen LogP) is 2.12. The highest BCUT2D eigenvalue weighted by molar-refractivity contribution is 7.09. The number of hydrogen-bond acceptors (Lipinski definition) is 5. The van der Waals surface area contributed by atoms with Gasteiger partial charge in [0.25, 0.3) is 0 Å². The summed E-state index contributed by atoms with van der Waals surface area (Å²) in [7, 11) is 0. The Kier molecular flexibility index (Phi) is 6.14. The predicted molar refractivity (Wildman–Crippen MR) is 80.7 cm³/mol. The fourth-order valence-electron chi connectivity index (χ4n) is 1.82. The van der Waals surface area contributed by atoms with Crippen molar-refractivity contribution in [1.29, 1.82) is 0 Å². The zero-order valence-electron chi connectivity index (χ0n) is 11.6. The maximum atomic E-state index is 9.83. The number of nitrogens with zero attached hydrogens (tertiary/aromatic N) is 1. The number of aliphatic hydroxyl groups excluding tert-OH is 1. The van der Waals surface area contributed by atoms with E-state index < -0.39 is 6.10 Å². The molecule has 2 aromatic heterocycles. The summed E-state index contributed by atoms with van der Waals surface area (Å²) in [5.41, 5.74) is 2.36. The molecule has 0 fully saturated rings. The van der Waals surface area contributed by atoms with Crippen LogP contribution in [0.25, 0.3) is 0 Å². The van der Waals surface area contributed by atoms with Gasteiger partial charge < -0.3 is 15.2 Å². The fourth-order valence-corrected chi connectivity index (χ4v) is 2.46. The highest BCUT2D eigenvalue weighted by Crippen LogP contribution is 2.09. The van der Waals surface area contributed by atoms with E-state index in [-0.39, 0.29) is 0 Å². The molecule has 0 aromatic carbocycles. The molecule has 0 aliphatic rings. The summed E-state index contributed by atoms with van der Waals surface area (Å²) < 4.78 is 5.48. The van der Waals surface area contributed by atoms with Gasteiger partial charge >= 0.3 is 0 Å². The summed E-state index contributed by atoms with van der Waals surface area (Å²) >= 11 is 1.66. The Balaban J connectivity index is 1.60. The molecular weight excluding hydrogens is 272 g/mol. The third kappa shape index (κ3) is 5.02. The highest BCUT2D eigenvalue weighted by Gasteiger charge is 2.05. The number of nitrogens with one attached hydrogen (secondary N) is 1. The number of hydrogen-bond donors (Lipinski definition) is 2. The number of pyridine rings is 1. The molecule has 0 saturated heterocycles. The monoisotopic (exact) mass is 292 g/mol. The molecule has 2 aromatic rings. The molecule has 1 atom stereocenters. The van der Waals surface area contributed by atoms with Gasteiger partial charge in [0.1, 0.15) is 0 Å². The fraction of sp³-hybridized carbons (Fsp3) is 0.400. The van der Waals surface area contributed by atoms with Crippen LogP contribution in [0.1, 0.15) is 16.0 Å². The first-order chi connectivity index (χ1) is 9.75. The van der Waals surface area contributed by atoms with E-state index in [9.17, 15) is 5.11 Å². The van der Waals surface area contributed by atoms with Gasteiger partial charge in [-0.25, -0.2) is 0 Å². The zero-order valence-corrected chi connectivity index (χ0v) is 12.4. The maximum absolute atomic E-state index is 9.83. The van der Waals surface area contributed by atoms with Gasteiger partial charge in [0.05, 0.1) is 19.3 Å². The molecule has 0 radical (unpaired) electrons. The van der Waals surface area contributed by atoms with E-state index in [2.05, 4.69) is 10.3 Å². The lowest BCUT2D eigenvalue weighted by Gasteiger charge is -2.12. The molecule has 0 spiro atoms. The minimum Gasteiger partial charge on any atom is -0.389 e. The van der Waals surface area contributed by atoms with Gasteiger partial charge in [-0.05, 0) is 35.6 Å². The second kappa shape index (κ2) is 8.11. The summed E-state index contributed by atoms with van der Waals surface area (Å²) in [4.78, 5) is 5.24. The number of rotatable bonds is 8. The standard InChI is InChI=1S/C15H20N2O2S/c1-12-7-16-5-4-13(12)8-17-9-14(18)10-19-11-15-3-2-6-20-15/h2-7,14,17-18H,8-11H2,1H3. The van der Waals surface area contributed by atoms with Crippen LogP contribution in [-0.2, 0) is 17.9 Å². The average Bonchev–Trinajstić information content (AvgIpc) is 2.94. The lowest BCUT2D eigenvalue weighted by atomic mass is 10.1. The number of ether oxygens (including phenoxy) is 1. The van der Waals surface area contributed by atoms with Gasteiger partial charge in [0.2, 0.25) is 0 Å². The molecule has 1 unspecified atom stereocenters. The first-order valence-electron chi connectivity index (χ1n) is 6.64. The van der Waals surface area contributed by atoms with Crippen molar-refractivity contribution in [2.24, 2.45) is 0 Å². The average molecular weight is 292 g/mol. The van der Waals surface area contributed by atoms with Crippen molar-refractivity contribution in [3.8, 4) is 0 Å². The molecule has 0 aliphatic heterocycles. The number of aromatic nitrogens is 1. The van der Waals surface area contributed by atoms with Crippen LogP contribution < -0.4 is 5.32 Å². The van der Waals surface area contributed by atoms with Gasteiger partial charge in [0.15, 0.2) is 0 Å². The minimum absolute atomic E-state index is 0.347. The van der Waals surface area contributed by atoms with E-state index in [1.54, 1.807) is 17.5 Å². The van der Waals surface area contributed by atoms with E-state index >= 15 is 0 Å². The van der Waals surface area contributed by atoms with E-state index in [0.717, 1.165) is 12.1 Å².